The van der Waals surface area contributed by atoms with Crippen LogP contribution in [0.1, 0.15) is 30.5 Å². The molecule has 1 atom stereocenters. The Hall–Kier alpha value is -2.35. The first-order valence-electron chi connectivity index (χ1n) is 6.45. The second-order valence-electron chi connectivity index (χ2n) is 5.03. The summed E-state index contributed by atoms with van der Waals surface area (Å²) in [7, 11) is 1.54. The van der Waals surface area contributed by atoms with Gasteiger partial charge in [-0.1, -0.05) is 18.5 Å². The number of aromatic nitrogens is 1. The van der Waals surface area contributed by atoms with Crippen molar-refractivity contribution in [3.8, 4) is 12.1 Å². The van der Waals surface area contributed by atoms with Crippen LogP contribution in [0.2, 0.25) is 5.15 Å². The van der Waals surface area contributed by atoms with Crippen molar-refractivity contribution < 1.29 is 9.90 Å². The predicted octanol–water partition coefficient (Wildman–Crippen LogP) is 0.713. The number of hydrogen-bond acceptors (Lipinski definition) is 6. The Labute approximate surface area is 133 Å². The third-order valence-corrected chi connectivity index (χ3v) is 3.53. The molecule has 0 radical (unpaired) electrons. The Morgan fingerprint density at radius 1 is 1.45 bits per heavy atom. The van der Waals surface area contributed by atoms with Crippen molar-refractivity contribution in [2.24, 2.45) is 5.73 Å². The largest absolute Gasteiger partial charge is 0.378 e. The molecule has 3 N–H and O–H groups in total. The van der Waals surface area contributed by atoms with E-state index in [0.717, 1.165) is 0 Å². The Morgan fingerprint density at radius 3 is 2.41 bits per heavy atom. The molecular formula is C14H16ClN5O2. The summed E-state index contributed by atoms with van der Waals surface area (Å²) < 4.78 is 0. The van der Waals surface area contributed by atoms with Gasteiger partial charge in [-0.3, -0.25) is 4.79 Å². The number of nitrogens with zero attached hydrogens (tertiary/aromatic N) is 4. The number of nitrogens with two attached hydrogens (primary N) is 1. The molecule has 1 heterocycles. The lowest BCUT2D eigenvalue weighted by Crippen LogP contribution is -2.49. The first kappa shape index (κ1) is 17.7. The lowest BCUT2D eigenvalue weighted by molar-refractivity contribution is -0.133. The number of primary amides is 1. The van der Waals surface area contributed by atoms with Gasteiger partial charge in [0.2, 0.25) is 0 Å². The van der Waals surface area contributed by atoms with E-state index in [9.17, 15) is 15.2 Å². The number of halogens is 1. The van der Waals surface area contributed by atoms with E-state index in [1.165, 1.54) is 11.8 Å². The summed E-state index contributed by atoms with van der Waals surface area (Å²) in [4.78, 5) is 16.7. The maximum atomic E-state index is 11.2. The predicted molar refractivity (Wildman–Crippen MR) is 81.1 cm³/mol. The van der Waals surface area contributed by atoms with Crippen molar-refractivity contribution in [1.29, 1.82) is 10.5 Å². The van der Waals surface area contributed by atoms with Crippen LogP contribution in [0.4, 0.5) is 5.82 Å². The van der Waals surface area contributed by atoms with Crippen molar-refractivity contribution in [3.63, 3.8) is 0 Å². The zero-order valence-corrected chi connectivity index (χ0v) is 13.3. The highest BCUT2D eigenvalue weighted by atomic mass is 35.5. The number of pyridine rings is 1. The molecule has 0 aliphatic carbocycles. The minimum Gasteiger partial charge on any atom is -0.378 e. The molecule has 0 aromatic carbocycles. The summed E-state index contributed by atoms with van der Waals surface area (Å²) in [5, 5.41) is 28.5. The van der Waals surface area contributed by atoms with Crippen LogP contribution < -0.4 is 10.6 Å². The van der Waals surface area contributed by atoms with Crippen molar-refractivity contribution >= 4 is 23.3 Å². The van der Waals surface area contributed by atoms with Gasteiger partial charge in [0.1, 0.15) is 23.1 Å². The molecule has 1 aromatic heterocycles. The smallest absolute Gasteiger partial charge is 0.250 e. The molecule has 0 saturated heterocycles. The molecule has 0 saturated carbocycles. The van der Waals surface area contributed by atoms with Crippen LogP contribution in [-0.2, 0) is 11.2 Å². The van der Waals surface area contributed by atoms with Gasteiger partial charge in [0.05, 0.1) is 17.7 Å². The second-order valence-corrected chi connectivity index (χ2v) is 5.38. The van der Waals surface area contributed by atoms with Crippen LogP contribution in [-0.4, -0.2) is 35.2 Å². The first-order valence-corrected chi connectivity index (χ1v) is 6.83. The van der Waals surface area contributed by atoms with Crippen molar-refractivity contribution in [2.75, 3.05) is 18.5 Å². The van der Waals surface area contributed by atoms with Crippen LogP contribution in [0.5, 0.6) is 0 Å². The number of carbonyl (C=O) groups excluding carboxylic acids is 1. The molecule has 22 heavy (non-hydrogen) atoms. The monoisotopic (exact) mass is 321 g/mol. The zero-order valence-electron chi connectivity index (χ0n) is 12.5. The molecule has 8 heteroatoms. The third kappa shape index (κ3) is 3.28. The van der Waals surface area contributed by atoms with Crippen molar-refractivity contribution in [3.05, 3.63) is 21.8 Å². The quantitative estimate of drug-likeness (QED) is 0.769. The lowest BCUT2D eigenvalue weighted by Gasteiger charge is -2.28. The Bertz CT molecular complexity index is 688. The summed E-state index contributed by atoms with van der Waals surface area (Å²) in [5.41, 5.74) is 4.15. The van der Waals surface area contributed by atoms with Crippen LogP contribution in [0, 0.1) is 22.7 Å². The van der Waals surface area contributed by atoms with Crippen LogP contribution in [0.3, 0.4) is 0 Å². The van der Waals surface area contributed by atoms with E-state index in [0.29, 0.717) is 12.0 Å². The van der Waals surface area contributed by atoms with Crippen LogP contribution in [0.15, 0.2) is 0 Å². The Kier molecular flexibility index (Phi) is 5.32. The highest BCUT2D eigenvalue weighted by Crippen LogP contribution is 2.29. The van der Waals surface area contributed by atoms with Crippen LogP contribution in [0.25, 0.3) is 0 Å². The van der Waals surface area contributed by atoms with Gasteiger partial charge in [-0.2, -0.15) is 10.5 Å². The molecule has 7 nitrogen and oxygen atoms in total. The number of hydrogen-bond donors (Lipinski definition) is 2. The van der Waals surface area contributed by atoms with E-state index in [2.05, 4.69) is 4.98 Å². The average molecular weight is 322 g/mol. The highest BCUT2D eigenvalue weighted by Gasteiger charge is 2.31. The van der Waals surface area contributed by atoms with Crippen molar-refractivity contribution in [2.45, 2.75) is 25.9 Å². The number of amides is 1. The van der Waals surface area contributed by atoms with Crippen LogP contribution >= 0.6 is 11.6 Å². The molecule has 1 unspecified atom stereocenters. The third-order valence-electron chi connectivity index (χ3n) is 3.25. The highest BCUT2D eigenvalue weighted by molar-refractivity contribution is 6.30. The molecule has 0 aliphatic rings. The van der Waals surface area contributed by atoms with Gasteiger partial charge in [-0.05, 0) is 18.9 Å². The fraction of sp³-hybridized carbons (Fsp3) is 0.429. The molecule has 116 valence electrons. The molecule has 1 amide bonds. The summed E-state index contributed by atoms with van der Waals surface area (Å²) in [6, 6.07) is 3.94. The number of rotatable bonds is 5. The summed E-state index contributed by atoms with van der Waals surface area (Å²) >= 11 is 6.00. The molecular weight excluding hydrogens is 306 g/mol. The number of nitriles is 2. The number of likely N-dealkylation sites (N-methyl/N-ethyl adjacent to an activating group) is 1. The first-order chi connectivity index (χ1) is 10.2. The normalized spacial score (nSPS) is 12.9. The van der Waals surface area contributed by atoms with E-state index in [4.69, 9.17) is 22.6 Å². The Balaban J connectivity index is 3.43. The van der Waals surface area contributed by atoms with E-state index < -0.39 is 11.5 Å². The Morgan fingerprint density at radius 2 is 2.00 bits per heavy atom. The molecule has 1 rings (SSSR count). The standard InChI is InChI=1S/C14H16ClN5O2/c1-4-8-9(5-16)11(15)19-12(10(8)6-17)20(3)7-14(2,22)13(18)21/h22H,4,7H2,1-3H3,(H2,18,21). The van der Waals surface area contributed by atoms with E-state index >= 15 is 0 Å². The molecule has 1 aromatic rings. The van der Waals surface area contributed by atoms with Gasteiger partial charge >= 0.3 is 0 Å². The molecule has 0 bridgehead atoms. The summed E-state index contributed by atoms with van der Waals surface area (Å²) in [6.45, 7) is 2.88. The van der Waals surface area contributed by atoms with Gasteiger partial charge in [0.25, 0.3) is 5.91 Å². The topological polar surface area (TPSA) is 127 Å². The summed E-state index contributed by atoms with van der Waals surface area (Å²) in [5.74, 6) is -0.710. The molecule has 0 aliphatic heterocycles. The van der Waals surface area contributed by atoms with E-state index in [1.807, 2.05) is 12.1 Å². The number of anilines is 1. The number of carbonyl (C=O) groups is 1. The maximum Gasteiger partial charge on any atom is 0.250 e. The average Bonchev–Trinajstić information content (AvgIpc) is 2.45. The summed E-state index contributed by atoms with van der Waals surface area (Å²) in [6.07, 6.45) is 0.418. The van der Waals surface area contributed by atoms with Gasteiger partial charge in [-0.25, -0.2) is 4.98 Å². The van der Waals surface area contributed by atoms with Gasteiger partial charge in [0, 0.05) is 7.05 Å². The fourth-order valence-electron chi connectivity index (χ4n) is 2.06. The van der Waals surface area contributed by atoms with Gasteiger partial charge < -0.3 is 15.7 Å². The number of aliphatic hydroxyl groups is 1. The minimum atomic E-state index is -1.80. The zero-order chi connectivity index (χ0) is 17.1. The van der Waals surface area contributed by atoms with Gasteiger partial charge in [-0.15, -0.1) is 0 Å². The van der Waals surface area contributed by atoms with Gasteiger partial charge in [0.15, 0.2) is 5.60 Å². The SMILES string of the molecule is CCc1c(C#N)c(Cl)nc(N(C)CC(C)(O)C(N)=O)c1C#N. The maximum absolute atomic E-state index is 11.2. The fourth-order valence-corrected chi connectivity index (χ4v) is 2.30. The second kappa shape index (κ2) is 6.61. The lowest BCUT2D eigenvalue weighted by atomic mass is 10.0. The van der Waals surface area contributed by atoms with E-state index in [1.54, 1.807) is 14.0 Å². The van der Waals surface area contributed by atoms with Crippen molar-refractivity contribution in [1.82, 2.24) is 4.98 Å². The molecule has 0 fully saturated rings. The van der Waals surface area contributed by atoms with E-state index in [-0.39, 0.29) is 28.6 Å². The molecule has 0 spiro atoms. The minimum absolute atomic E-state index is 0.0288.